The Morgan fingerprint density at radius 2 is 1.81 bits per heavy atom. The van der Waals surface area contributed by atoms with Gasteiger partial charge < -0.3 is 4.74 Å². The van der Waals surface area contributed by atoms with Gasteiger partial charge in [0, 0.05) is 20.2 Å². The van der Waals surface area contributed by atoms with E-state index in [4.69, 9.17) is 4.74 Å². The lowest BCUT2D eigenvalue weighted by Crippen LogP contribution is -1.93. The lowest BCUT2D eigenvalue weighted by atomic mass is 10.0. The van der Waals surface area contributed by atoms with Crippen molar-refractivity contribution >= 4 is 31.5 Å². The summed E-state index contributed by atoms with van der Waals surface area (Å²) in [6.07, 6.45) is 6.28. The third-order valence-corrected chi connectivity index (χ3v) is 5.22. The van der Waals surface area contributed by atoms with Crippen LogP contribution in [0, 0.1) is 0 Å². The fourth-order valence-electron chi connectivity index (χ4n) is 3.00. The van der Waals surface area contributed by atoms with Gasteiger partial charge in [-0.05, 0) is 30.5 Å². The Kier molecular flexibility index (Phi) is 4.45. The zero-order chi connectivity index (χ0) is 14.7. The molecule has 0 atom stereocenters. The number of rotatable bonds is 6. The number of unbranched alkanes of at least 4 members (excludes halogenated alkanes) is 3. The van der Waals surface area contributed by atoms with E-state index >= 15 is 0 Å². The largest absolute Gasteiger partial charge is 0.496 e. The molecule has 1 nitrogen and oxygen atoms in total. The molecule has 0 unspecified atom stereocenters. The summed E-state index contributed by atoms with van der Waals surface area (Å²) in [5.41, 5.74) is 1.35. The first-order chi connectivity index (χ1) is 10.3. The van der Waals surface area contributed by atoms with E-state index in [1.165, 1.54) is 51.4 Å². The molecule has 110 valence electrons. The van der Waals surface area contributed by atoms with Crippen molar-refractivity contribution in [2.24, 2.45) is 0 Å². The van der Waals surface area contributed by atoms with E-state index in [-0.39, 0.29) is 0 Å². The molecule has 0 spiro atoms. The summed E-state index contributed by atoms with van der Waals surface area (Å²) >= 11 is 1.85. The number of methoxy groups -OCH3 is 1. The van der Waals surface area contributed by atoms with E-state index in [1.807, 2.05) is 11.3 Å². The number of hydrogen-bond donors (Lipinski definition) is 0. The molecule has 0 fully saturated rings. The molecule has 3 aromatic rings. The normalized spacial score (nSPS) is 11.3. The average Bonchev–Trinajstić information content (AvgIpc) is 2.90. The summed E-state index contributed by atoms with van der Waals surface area (Å²) in [7, 11) is 1.80. The van der Waals surface area contributed by atoms with E-state index in [0.717, 1.165) is 12.2 Å². The smallest absolute Gasteiger partial charge is 0.131 e. The maximum Gasteiger partial charge on any atom is 0.131 e. The number of aryl methyl sites for hydroxylation is 1. The lowest BCUT2D eigenvalue weighted by Gasteiger charge is -2.10. The minimum Gasteiger partial charge on any atom is -0.496 e. The Morgan fingerprint density at radius 3 is 2.62 bits per heavy atom. The molecule has 21 heavy (non-hydrogen) atoms. The molecule has 0 aliphatic heterocycles. The molecular weight excluding hydrogens is 276 g/mol. The molecule has 0 amide bonds. The van der Waals surface area contributed by atoms with Gasteiger partial charge in [-0.15, -0.1) is 11.3 Å². The highest BCUT2D eigenvalue weighted by molar-refractivity contribution is 7.25. The predicted octanol–water partition coefficient (Wildman–Crippen LogP) is 6.19. The zero-order valence-corrected chi connectivity index (χ0v) is 13.6. The van der Waals surface area contributed by atoms with Crippen molar-refractivity contribution in [3.8, 4) is 5.75 Å². The Hall–Kier alpha value is -1.54. The van der Waals surface area contributed by atoms with Crippen LogP contribution in [0.15, 0.2) is 36.4 Å². The van der Waals surface area contributed by atoms with Crippen molar-refractivity contribution in [3.63, 3.8) is 0 Å². The molecule has 0 bridgehead atoms. The highest BCUT2D eigenvalue weighted by Gasteiger charge is 2.13. The van der Waals surface area contributed by atoms with Gasteiger partial charge in [0.25, 0.3) is 0 Å². The van der Waals surface area contributed by atoms with Crippen molar-refractivity contribution in [2.75, 3.05) is 7.11 Å². The van der Waals surface area contributed by atoms with Gasteiger partial charge in [-0.2, -0.15) is 0 Å². The van der Waals surface area contributed by atoms with E-state index in [0.29, 0.717) is 0 Å². The van der Waals surface area contributed by atoms with Crippen molar-refractivity contribution in [1.29, 1.82) is 0 Å². The van der Waals surface area contributed by atoms with E-state index in [1.54, 1.807) is 7.11 Å². The molecule has 1 aromatic heterocycles. The van der Waals surface area contributed by atoms with Crippen LogP contribution in [0.3, 0.4) is 0 Å². The summed E-state index contributed by atoms with van der Waals surface area (Å²) in [4.78, 5) is 0. The minimum atomic E-state index is 1.08. The highest BCUT2D eigenvalue weighted by atomic mass is 32.1. The number of benzene rings is 2. The number of thiophene rings is 1. The standard InChI is InChI=1S/C19H22OS/c1-3-4-5-6-9-14-12-13-17-18(19(14)20-2)15-10-7-8-11-16(15)21-17/h7-8,10-13H,3-6,9H2,1-2H3. The summed E-state index contributed by atoms with van der Waals surface area (Å²) in [6.45, 7) is 2.25. The van der Waals surface area contributed by atoms with E-state index in [9.17, 15) is 0 Å². The Bertz CT molecular complexity index is 742. The average molecular weight is 298 g/mol. The second-order valence-corrected chi connectivity index (χ2v) is 6.62. The number of ether oxygens (including phenoxy) is 1. The zero-order valence-electron chi connectivity index (χ0n) is 12.8. The molecule has 0 saturated carbocycles. The van der Waals surface area contributed by atoms with Crippen molar-refractivity contribution in [1.82, 2.24) is 0 Å². The molecule has 2 aromatic carbocycles. The van der Waals surface area contributed by atoms with Crippen molar-refractivity contribution in [2.45, 2.75) is 39.0 Å². The van der Waals surface area contributed by atoms with Gasteiger partial charge in [-0.3, -0.25) is 0 Å². The Balaban J connectivity index is 2.03. The van der Waals surface area contributed by atoms with Crippen LogP contribution in [0.5, 0.6) is 5.75 Å². The monoisotopic (exact) mass is 298 g/mol. The summed E-state index contributed by atoms with van der Waals surface area (Å²) in [6, 6.07) is 13.1. The van der Waals surface area contributed by atoms with Crippen molar-refractivity contribution < 1.29 is 4.74 Å². The molecule has 0 aliphatic carbocycles. The highest BCUT2D eigenvalue weighted by Crippen LogP contribution is 2.41. The maximum atomic E-state index is 5.79. The van der Waals surface area contributed by atoms with Crippen LogP contribution in [0.1, 0.15) is 38.2 Å². The van der Waals surface area contributed by atoms with Crippen LogP contribution in [-0.2, 0) is 6.42 Å². The van der Waals surface area contributed by atoms with Crippen LogP contribution in [-0.4, -0.2) is 7.11 Å². The van der Waals surface area contributed by atoms with Gasteiger partial charge in [0.05, 0.1) is 7.11 Å². The van der Waals surface area contributed by atoms with Gasteiger partial charge in [0.2, 0.25) is 0 Å². The quantitative estimate of drug-likeness (QED) is 0.493. The van der Waals surface area contributed by atoms with Gasteiger partial charge in [-0.1, -0.05) is 50.5 Å². The maximum absolute atomic E-state index is 5.79. The fourth-order valence-corrected chi connectivity index (χ4v) is 4.11. The van der Waals surface area contributed by atoms with Crippen LogP contribution in [0.4, 0.5) is 0 Å². The topological polar surface area (TPSA) is 9.23 Å². The van der Waals surface area contributed by atoms with Crippen LogP contribution in [0.25, 0.3) is 20.2 Å². The third kappa shape index (κ3) is 2.77. The van der Waals surface area contributed by atoms with Crippen LogP contribution in [0.2, 0.25) is 0 Å². The van der Waals surface area contributed by atoms with Crippen LogP contribution < -0.4 is 4.74 Å². The molecule has 2 heteroatoms. The molecule has 0 N–H and O–H groups in total. The minimum absolute atomic E-state index is 1.08. The molecule has 3 rings (SSSR count). The molecule has 1 heterocycles. The molecule has 0 radical (unpaired) electrons. The lowest BCUT2D eigenvalue weighted by molar-refractivity contribution is 0.414. The molecular formula is C19H22OS. The second kappa shape index (κ2) is 6.48. The summed E-state index contributed by atoms with van der Waals surface area (Å²) < 4.78 is 8.45. The third-order valence-electron chi connectivity index (χ3n) is 4.08. The number of fused-ring (bicyclic) bond motifs is 3. The second-order valence-electron chi connectivity index (χ2n) is 5.54. The van der Waals surface area contributed by atoms with Crippen LogP contribution >= 0.6 is 11.3 Å². The Morgan fingerprint density at radius 1 is 0.952 bits per heavy atom. The van der Waals surface area contributed by atoms with Crippen molar-refractivity contribution in [3.05, 3.63) is 42.0 Å². The van der Waals surface area contributed by atoms with Gasteiger partial charge in [-0.25, -0.2) is 0 Å². The predicted molar refractivity (Wildman–Crippen MR) is 93.7 cm³/mol. The van der Waals surface area contributed by atoms with Gasteiger partial charge in [0.1, 0.15) is 5.75 Å². The first-order valence-corrected chi connectivity index (χ1v) is 8.64. The SMILES string of the molecule is CCCCCCc1ccc2sc3ccccc3c2c1OC. The summed E-state index contributed by atoms with van der Waals surface area (Å²) in [5.74, 6) is 1.08. The first-order valence-electron chi connectivity index (χ1n) is 7.82. The number of hydrogen-bond acceptors (Lipinski definition) is 2. The fraction of sp³-hybridized carbons (Fsp3) is 0.368. The van der Waals surface area contributed by atoms with E-state index < -0.39 is 0 Å². The Labute approximate surface area is 130 Å². The van der Waals surface area contributed by atoms with E-state index in [2.05, 4.69) is 43.3 Å². The molecule has 0 aliphatic rings. The summed E-state index contributed by atoms with van der Waals surface area (Å²) in [5, 5.41) is 2.62. The van der Waals surface area contributed by atoms with Gasteiger partial charge >= 0.3 is 0 Å². The first kappa shape index (κ1) is 14.4. The van der Waals surface area contributed by atoms with Gasteiger partial charge in [0.15, 0.2) is 0 Å². The molecule has 0 saturated heterocycles.